The summed E-state index contributed by atoms with van der Waals surface area (Å²) in [5, 5.41) is 7.35. The minimum Gasteiger partial charge on any atom is -0.462 e. The van der Waals surface area contributed by atoms with Crippen molar-refractivity contribution >= 4 is 51.6 Å². The molecule has 0 fully saturated rings. The number of hydrogen-bond acceptors (Lipinski definition) is 6. The van der Waals surface area contributed by atoms with E-state index in [1.807, 2.05) is 0 Å². The molecule has 1 heterocycles. The predicted octanol–water partition coefficient (Wildman–Crippen LogP) is 4.40. The van der Waals surface area contributed by atoms with E-state index in [4.69, 9.17) is 21.1 Å². The molecule has 2 amide bonds. The molecular weight excluding hydrogens is 380 g/mol. The number of hydrogen-bond donors (Lipinski definition) is 2. The third-order valence-electron chi connectivity index (χ3n) is 3.10. The second-order valence-electron chi connectivity index (χ2n) is 4.88. The van der Waals surface area contributed by atoms with Gasteiger partial charge in [0, 0.05) is 16.1 Å². The number of carbonyl (C=O) groups excluding carboxylic acids is 3. The van der Waals surface area contributed by atoms with Gasteiger partial charge in [0.25, 0.3) is 0 Å². The first-order chi connectivity index (χ1) is 12.5. The summed E-state index contributed by atoms with van der Waals surface area (Å²) in [6, 6.07) is 5.95. The fourth-order valence-electron chi connectivity index (χ4n) is 2.01. The van der Waals surface area contributed by atoms with E-state index in [0.29, 0.717) is 10.7 Å². The van der Waals surface area contributed by atoms with Crippen molar-refractivity contribution in [3.05, 3.63) is 45.8 Å². The normalized spacial score (nSPS) is 10.1. The number of anilines is 2. The summed E-state index contributed by atoms with van der Waals surface area (Å²) in [6.45, 7) is 3.60. The van der Waals surface area contributed by atoms with Crippen LogP contribution < -0.4 is 10.6 Å². The minimum atomic E-state index is -0.710. The number of nitrogens with one attached hydrogen (secondary N) is 2. The van der Waals surface area contributed by atoms with Crippen molar-refractivity contribution in [1.82, 2.24) is 0 Å². The van der Waals surface area contributed by atoms with Crippen LogP contribution in [0.2, 0.25) is 5.02 Å². The number of carbonyl (C=O) groups is 3. The van der Waals surface area contributed by atoms with Crippen molar-refractivity contribution in [3.63, 3.8) is 0 Å². The number of ether oxygens (including phenoxy) is 2. The van der Waals surface area contributed by atoms with Gasteiger partial charge in [-0.25, -0.2) is 14.4 Å². The molecule has 1 aromatic heterocycles. The summed E-state index contributed by atoms with van der Waals surface area (Å²) in [4.78, 5) is 36.4. The first-order valence-corrected chi connectivity index (χ1v) is 9.01. The minimum absolute atomic E-state index is 0.0263. The Kier molecular flexibility index (Phi) is 6.99. The average Bonchev–Trinajstić information content (AvgIpc) is 3.01. The summed E-state index contributed by atoms with van der Waals surface area (Å²) >= 11 is 6.83. The number of benzene rings is 1. The Morgan fingerprint density at radius 1 is 1.00 bits per heavy atom. The van der Waals surface area contributed by atoms with Gasteiger partial charge in [-0.15, -0.1) is 11.3 Å². The van der Waals surface area contributed by atoms with Crippen LogP contribution >= 0.6 is 22.9 Å². The molecule has 0 aliphatic carbocycles. The van der Waals surface area contributed by atoms with Crippen LogP contribution in [0.1, 0.15) is 34.6 Å². The summed E-state index contributed by atoms with van der Waals surface area (Å²) in [5.74, 6) is -1.36. The van der Waals surface area contributed by atoms with Gasteiger partial charge in [0.2, 0.25) is 0 Å². The number of urea groups is 1. The van der Waals surface area contributed by atoms with E-state index in [1.165, 1.54) is 5.38 Å². The van der Waals surface area contributed by atoms with Gasteiger partial charge in [-0.2, -0.15) is 0 Å². The fraction of sp³-hybridized carbons (Fsp3) is 0.235. The Balaban J connectivity index is 2.21. The summed E-state index contributed by atoms with van der Waals surface area (Å²) in [7, 11) is 0. The molecule has 0 saturated carbocycles. The topological polar surface area (TPSA) is 93.7 Å². The van der Waals surface area contributed by atoms with Crippen molar-refractivity contribution in [2.24, 2.45) is 0 Å². The maximum Gasteiger partial charge on any atom is 0.342 e. The van der Waals surface area contributed by atoms with Crippen molar-refractivity contribution in [2.45, 2.75) is 13.8 Å². The van der Waals surface area contributed by atoms with Gasteiger partial charge in [0.15, 0.2) is 0 Å². The van der Waals surface area contributed by atoms with Gasteiger partial charge in [-0.1, -0.05) is 11.6 Å². The van der Waals surface area contributed by atoms with Gasteiger partial charge in [-0.05, 0) is 38.1 Å². The van der Waals surface area contributed by atoms with Crippen LogP contribution in [0.15, 0.2) is 29.6 Å². The van der Waals surface area contributed by atoms with Crippen molar-refractivity contribution in [3.8, 4) is 0 Å². The molecule has 2 aromatic rings. The van der Waals surface area contributed by atoms with Crippen LogP contribution in [0.25, 0.3) is 0 Å². The molecule has 2 N–H and O–H groups in total. The maximum atomic E-state index is 12.2. The molecule has 0 radical (unpaired) electrons. The second kappa shape index (κ2) is 9.21. The van der Waals surface area contributed by atoms with Gasteiger partial charge in [-0.3, -0.25) is 5.32 Å². The van der Waals surface area contributed by atoms with Crippen LogP contribution in [0.5, 0.6) is 0 Å². The second-order valence-corrected chi connectivity index (χ2v) is 6.20. The van der Waals surface area contributed by atoms with E-state index in [9.17, 15) is 14.4 Å². The van der Waals surface area contributed by atoms with E-state index >= 15 is 0 Å². The molecule has 0 saturated heterocycles. The van der Waals surface area contributed by atoms with E-state index in [0.717, 1.165) is 11.3 Å². The highest BCUT2D eigenvalue weighted by molar-refractivity contribution is 7.15. The number of amides is 2. The van der Waals surface area contributed by atoms with Crippen molar-refractivity contribution in [1.29, 1.82) is 0 Å². The lowest BCUT2D eigenvalue weighted by Gasteiger charge is -2.09. The molecule has 0 unspecified atom stereocenters. The first-order valence-electron chi connectivity index (χ1n) is 7.75. The third kappa shape index (κ3) is 4.96. The number of rotatable bonds is 6. The van der Waals surface area contributed by atoms with Gasteiger partial charge in [0.05, 0.1) is 18.8 Å². The monoisotopic (exact) mass is 396 g/mol. The lowest BCUT2D eigenvalue weighted by Crippen LogP contribution is -2.21. The van der Waals surface area contributed by atoms with E-state index in [-0.39, 0.29) is 29.3 Å². The van der Waals surface area contributed by atoms with Crippen LogP contribution in [0.3, 0.4) is 0 Å². The Bertz CT molecular complexity index is 804. The van der Waals surface area contributed by atoms with Gasteiger partial charge in [0.1, 0.15) is 10.6 Å². The molecule has 0 atom stereocenters. The Labute approximate surface area is 159 Å². The summed E-state index contributed by atoms with van der Waals surface area (Å²) in [6.07, 6.45) is 0. The van der Waals surface area contributed by atoms with Crippen molar-refractivity contribution < 1.29 is 23.9 Å². The highest BCUT2D eigenvalue weighted by atomic mass is 35.5. The standard InChI is InChI=1S/C17H17ClN2O5S/c1-3-24-15(21)12-9-26-14(13(12)16(22)25-4-2)20-17(23)19-11-7-5-10(18)6-8-11/h5-9H,3-4H2,1-2H3,(H2,19,20,23). The zero-order valence-corrected chi connectivity index (χ0v) is 15.7. The molecule has 0 spiro atoms. The Morgan fingerprint density at radius 3 is 2.23 bits per heavy atom. The SMILES string of the molecule is CCOC(=O)c1csc(NC(=O)Nc2ccc(Cl)cc2)c1C(=O)OCC. The molecule has 7 nitrogen and oxygen atoms in total. The molecule has 1 aromatic carbocycles. The molecule has 2 rings (SSSR count). The molecule has 0 bridgehead atoms. The molecule has 0 aliphatic heterocycles. The van der Waals surface area contributed by atoms with Crippen LogP contribution in [0.4, 0.5) is 15.5 Å². The number of thiophene rings is 1. The highest BCUT2D eigenvalue weighted by Gasteiger charge is 2.26. The van der Waals surface area contributed by atoms with E-state index in [2.05, 4.69) is 10.6 Å². The number of halogens is 1. The van der Waals surface area contributed by atoms with Crippen LogP contribution in [-0.4, -0.2) is 31.2 Å². The zero-order chi connectivity index (χ0) is 19.1. The first kappa shape index (κ1) is 19.7. The molecule has 9 heteroatoms. The molecule has 0 aliphatic rings. The average molecular weight is 397 g/mol. The van der Waals surface area contributed by atoms with Crippen molar-refractivity contribution in [2.75, 3.05) is 23.8 Å². The summed E-state index contributed by atoms with van der Waals surface area (Å²) in [5.41, 5.74) is 0.547. The quantitative estimate of drug-likeness (QED) is 0.706. The smallest absolute Gasteiger partial charge is 0.342 e. The maximum absolute atomic E-state index is 12.2. The zero-order valence-electron chi connectivity index (χ0n) is 14.1. The molecule has 26 heavy (non-hydrogen) atoms. The van der Waals surface area contributed by atoms with Crippen LogP contribution in [0, 0.1) is 0 Å². The highest BCUT2D eigenvalue weighted by Crippen LogP contribution is 2.30. The lowest BCUT2D eigenvalue weighted by molar-refractivity contribution is 0.0481. The van der Waals surface area contributed by atoms with E-state index in [1.54, 1.807) is 38.1 Å². The molecular formula is C17H17ClN2O5S. The Hall–Kier alpha value is -2.58. The molecule has 138 valence electrons. The van der Waals surface area contributed by atoms with E-state index < -0.39 is 18.0 Å². The van der Waals surface area contributed by atoms with Gasteiger partial charge < -0.3 is 14.8 Å². The Morgan fingerprint density at radius 2 is 1.62 bits per heavy atom. The third-order valence-corrected chi connectivity index (χ3v) is 4.24. The lowest BCUT2D eigenvalue weighted by atomic mass is 10.2. The predicted molar refractivity (Wildman–Crippen MR) is 100 cm³/mol. The number of esters is 2. The largest absolute Gasteiger partial charge is 0.462 e. The van der Waals surface area contributed by atoms with Crippen LogP contribution in [-0.2, 0) is 9.47 Å². The fourth-order valence-corrected chi connectivity index (χ4v) is 3.05. The summed E-state index contributed by atoms with van der Waals surface area (Å²) < 4.78 is 9.92. The van der Waals surface area contributed by atoms with Gasteiger partial charge >= 0.3 is 18.0 Å².